The molecule has 1 atom stereocenters. The third-order valence-corrected chi connectivity index (χ3v) is 4.34. The van der Waals surface area contributed by atoms with Gasteiger partial charge in [-0.05, 0) is 48.9 Å². The number of esters is 1. The number of nitrogens with zero attached hydrogens (tertiary/aromatic N) is 1. The van der Waals surface area contributed by atoms with Gasteiger partial charge in [-0.1, -0.05) is 15.9 Å². The number of carbonyl (C=O) groups excluding carboxylic acids is 1. The molecule has 23 heavy (non-hydrogen) atoms. The normalized spacial score (nSPS) is 11.9. The Morgan fingerprint density at radius 2 is 2.00 bits per heavy atom. The molecule has 2 aromatic carbocycles. The molecular weight excluding hydrogens is 389 g/mol. The van der Waals surface area contributed by atoms with Gasteiger partial charge in [0.05, 0.1) is 24.0 Å². The van der Waals surface area contributed by atoms with Gasteiger partial charge in [0, 0.05) is 4.47 Å². The van der Waals surface area contributed by atoms with E-state index in [4.69, 9.17) is 0 Å². The molecule has 2 aromatic rings. The van der Waals surface area contributed by atoms with Crippen molar-refractivity contribution in [2.75, 3.05) is 11.4 Å². The lowest BCUT2D eigenvalue weighted by Crippen LogP contribution is -2.20. The van der Waals surface area contributed by atoms with Gasteiger partial charge in [0.15, 0.2) is 0 Å². The Bertz CT molecular complexity index is 784. The number of aryl methyl sites for hydroxylation is 1. The van der Waals surface area contributed by atoms with Crippen LogP contribution in [0.4, 0.5) is 15.8 Å². The quantitative estimate of drug-likeness (QED) is 0.621. The average Bonchev–Trinajstić information content (AvgIpc) is 2.49. The van der Waals surface area contributed by atoms with E-state index in [1.165, 1.54) is 12.1 Å². The van der Waals surface area contributed by atoms with Crippen molar-refractivity contribution >= 4 is 44.5 Å². The van der Waals surface area contributed by atoms with Crippen LogP contribution in [0.25, 0.3) is 0 Å². The van der Waals surface area contributed by atoms with E-state index >= 15 is 0 Å². The summed E-state index contributed by atoms with van der Waals surface area (Å²) in [7, 11) is 1.15. The Morgan fingerprint density at radius 3 is 2.52 bits per heavy atom. The van der Waals surface area contributed by atoms with Crippen molar-refractivity contribution in [3.63, 3.8) is 0 Å². The third kappa shape index (κ3) is 3.77. The molecule has 0 fully saturated rings. The second-order valence-corrected chi connectivity index (χ2v) is 6.35. The number of hydrogen-bond donors (Lipinski definition) is 1. The van der Waals surface area contributed by atoms with Crippen LogP contribution in [0, 0.1) is 12.7 Å². The van der Waals surface area contributed by atoms with Crippen molar-refractivity contribution in [3.8, 4) is 0 Å². The standard InChI is InChI=1S/C15H13BrFNO4S/c1-9-7-10(16)3-6-14(9)18(23(20)21)11-4-5-12(13(17)8-11)15(19)22-2/h3-8H,1-2H3,(H,20,21). The zero-order valence-corrected chi connectivity index (χ0v) is 14.6. The summed E-state index contributed by atoms with van der Waals surface area (Å²) in [5, 5.41) is 0. The topological polar surface area (TPSA) is 66.8 Å². The molecule has 0 saturated carbocycles. The van der Waals surface area contributed by atoms with Gasteiger partial charge in [0.2, 0.25) is 0 Å². The minimum absolute atomic E-state index is 0.140. The maximum absolute atomic E-state index is 14.1. The van der Waals surface area contributed by atoms with Crippen molar-refractivity contribution in [2.45, 2.75) is 6.92 Å². The molecule has 0 bridgehead atoms. The molecule has 5 nitrogen and oxygen atoms in total. The first kappa shape index (κ1) is 17.6. The van der Waals surface area contributed by atoms with Gasteiger partial charge < -0.3 is 4.74 Å². The summed E-state index contributed by atoms with van der Waals surface area (Å²) in [6.07, 6.45) is 0. The second-order valence-electron chi connectivity index (χ2n) is 4.61. The van der Waals surface area contributed by atoms with E-state index in [0.717, 1.165) is 27.5 Å². The summed E-state index contributed by atoms with van der Waals surface area (Å²) >= 11 is 0.901. The van der Waals surface area contributed by atoms with Crippen molar-refractivity contribution in [3.05, 3.63) is 57.8 Å². The van der Waals surface area contributed by atoms with Crippen LogP contribution in [-0.4, -0.2) is 21.8 Å². The molecule has 2 rings (SSSR count). The molecule has 1 N–H and O–H groups in total. The molecular formula is C15H13BrFNO4S. The molecule has 0 heterocycles. The fourth-order valence-corrected chi connectivity index (χ4v) is 3.21. The van der Waals surface area contributed by atoms with E-state index in [-0.39, 0.29) is 11.3 Å². The van der Waals surface area contributed by atoms with Crippen molar-refractivity contribution in [1.29, 1.82) is 0 Å². The monoisotopic (exact) mass is 401 g/mol. The molecule has 0 aliphatic carbocycles. The third-order valence-electron chi connectivity index (χ3n) is 3.13. The zero-order chi connectivity index (χ0) is 17.1. The molecule has 0 amide bonds. The number of anilines is 2. The molecule has 0 aromatic heterocycles. The van der Waals surface area contributed by atoms with E-state index in [1.54, 1.807) is 25.1 Å². The molecule has 0 aliphatic rings. The van der Waals surface area contributed by atoms with Gasteiger partial charge in [-0.2, -0.15) is 0 Å². The van der Waals surface area contributed by atoms with Crippen molar-refractivity contribution in [2.24, 2.45) is 0 Å². The first-order valence-corrected chi connectivity index (χ1v) is 8.26. The molecule has 0 spiro atoms. The number of rotatable bonds is 4. The highest BCUT2D eigenvalue weighted by Crippen LogP contribution is 2.32. The molecule has 1 unspecified atom stereocenters. The number of halogens is 2. The predicted molar refractivity (Wildman–Crippen MR) is 89.5 cm³/mol. The summed E-state index contributed by atoms with van der Waals surface area (Å²) in [5.41, 5.74) is 1.06. The van der Waals surface area contributed by atoms with Crippen LogP contribution in [0.15, 0.2) is 40.9 Å². The van der Waals surface area contributed by atoms with Crippen LogP contribution in [0.1, 0.15) is 15.9 Å². The first-order valence-electron chi connectivity index (χ1n) is 6.40. The van der Waals surface area contributed by atoms with Gasteiger partial charge in [-0.3, -0.25) is 4.55 Å². The van der Waals surface area contributed by atoms with E-state index in [9.17, 15) is 17.9 Å². The van der Waals surface area contributed by atoms with Gasteiger partial charge in [0.1, 0.15) is 5.82 Å². The maximum atomic E-state index is 14.1. The molecule has 8 heteroatoms. The lowest BCUT2D eigenvalue weighted by molar-refractivity contribution is 0.0595. The lowest BCUT2D eigenvalue weighted by atomic mass is 10.1. The average molecular weight is 402 g/mol. The minimum Gasteiger partial charge on any atom is -0.465 e. The Labute approximate surface area is 143 Å². The van der Waals surface area contributed by atoms with E-state index < -0.39 is 23.1 Å². The predicted octanol–water partition coefficient (Wildman–Crippen LogP) is 3.96. The molecule has 122 valence electrons. The summed E-state index contributed by atoms with van der Waals surface area (Å²) in [4.78, 5) is 11.4. The van der Waals surface area contributed by atoms with Gasteiger partial charge in [0.25, 0.3) is 11.3 Å². The summed E-state index contributed by atoms with van der Waals surface area (Å²) < 4.78 is 41.8. The fourth-order valence-electron chi connectivity index (χ4n) is 2.07. The number of carbonyl (C=O) groups is 1. The largest absolute Gasteiger partial charge is 0.465 e. The Morgan fingerprint density at radius 1 is 1.30 bits per heavy atom. The van der Waals surface area contributed by atoms with E-state index in [1.807, 2.05) is 0 Å². The Kier molecular flexibility index (Phi) is 5.51. The highest BCUT2D eigenvalue weighted by molar-refractivity contribution is 9.10. The van der Waals surface area contributed by atoms with Crippen molar-refractivity contribution < 1.29 is 22.7 Å². The second kappa shape index (κ2) is 7.20. The maximum Gasteiger partial charge on any atom is 0.340 e. The number of methoxy groups -OCH3 is 1. The van der Waals surface area contributed by atoms with Gasteiger partial charge >= 0.3 is 5.97 Å². The Hall–Kier alpha value is -1.77. The van der Waals surface area contributed by atoms with Gasteiger partial charge in [-0.25, -0.2) is 17.7 Å². The van der Waals surface area contributed by atoms with Crippen LogP contribution >= 0.6 is 15.9 Å². The highest BCUT2D eigenvalue weighted by atomic mass is 79.9. The van der Waals surface area contributed by atoms with Crippen LogP contribution in [0.3, 0.4) is 0 Å². The van der Waals surface area contributed by atoms with E-state index in [2.05, 4.69) is 20.7 Å². The Balaban J connectivity index is 2.53. The summed E-state index contributed by atoms with van der Waals surface area (Å²) in [5.74, 6) is -1.65. The SMILES string of the molecule is COC(=O)c1ccc(N(c2ccc(Br)cc2C)S(=O)O)cc1F. The smallest absolute Gasteiger partial charge is 0.340 e. The summed E-state index contributed by atoms with van der Waals surface area (Å²) in [6.45, 7) is 1.76. The van der Waals surface area contributed by atoms with Gasteiger partial charge in [-0.15, -0.1) is 0 Å². The molecule has 0 aliphatic heterocycles. The van der Waals surface area contributed by atoms with Crippen LogP contribution in [-0.2, 0) is 16.0 Å². The minimum atomic E-state index is -2.41. The van der Waals surface area contributed by atoms with Crippen LogP contribution in [0.5, 0.6) is 0 Å². The lowest BCUT2D eigenvalue weighted by Gasteiger charge is -2.22. The van der Waals surface area contributed by atoms with E-state index in [0.29, 0.717) is 5.69 Å². The van der Waals surface area contributed by atoms with Crippen LogP contribution < -0.4 is 4.31 Å². The molecule has 0 radical (unpaired) electrons. The number of ether oxygens (including phenoxy) is 1. The zero-order valence-electron chi connectivity index (χ0n) is 12.2. The number of benzene rings is 2. The van der Waals surface area contributed by atoms with Crippen molar-refractivity contribution in [1.82, 2.24) is 0 Å². The first-order chi connectivity index (χ1) is 10.8. The fraction of sp³-hybridized carbons (Fsp3) is 0.133. The number of hydrogen-bond acceptors (Lipinski definition) is 3. The van der Waals surface area contributed by atoms with Crippen LogP contribution in [0.2, 0.25) is 0 Å². The highest BCUT2D eigenvalue weighted by Gasteiger charge is 2.20. The summed E-state index contributed by atoms with van der Waals surface area (Å²) in [6, 6.07) is 8.73. The molecule has 0 saturated heterocycles.